The van der Waals surface area contributed by atoms with Crippen LogP contribution in [-0.2, 0) is 4.74 Å². The van der Waals surface area contributed by atoms with Crippen molar-refractivity contribution in [2.24, 2.45) is 0 Å². The minimum Gasteiger partial charge on any atom is -0.474 e. The Bertz CT molecular complexity index is 307. The van der Waals surface area contributed by atoms with Crippen molar-refractivity contribution in [1.82, 2.24) is 4.90 Å². The topological polar surface area (TPSA) is 12.5 Å². The zero-order valence-electron chi connectivity index (χ0n) is 10.3. The maximum atomic E-state index is 5.75. The van der Waals surface area contributed by atoms with Crippen molar-refractivity contribution < 1.29 is 4.74 Å². The fraction of sp³-hybridized carbons (Fsp3) is 0.538. The zero-order chi connectivity index (χ0) is 11.6. The molecule has 0 unspecified atom stereocenters. The lowest BCUT2D eigenvalue weighted by atomic mass is 10.1. The summed E-state index contributed by atoms with van der Waals surface area (Å²) in [5, 5.41) is 0. The molecule has 0 bridgehead atoms. The van der Waals surface area contributed by atoms with Crippen molar-refractivity contribution in [1.29, 1.82) is 0 Å². The normalized spacial score (nSPS) is 17.5. The van der Waals surface area contributed by atoms with Crippen molar-refractivity contribution in [2.75, 3.05) is 6.54 Å². The summed E-state index contributed by atoms with van der Waals surface area (Å²) in [5.74, 6) is 0.706. The fourth-order valence-corrected chi connectivity index (χ4v) is 1.51. The van der Waals surface area contributed by atoms with Crippen molar-refractivity contribution in [3.63, 3.8) is 0 Å². The summed E-state index contributed by atoms with van der Waals surface area (Å²) >= 11 is 0. The SMILES string of the molecule is C=C1CC=C(C)N(C(=C)OC(C)(C)C)C1. The molecule has 0 saturated heterocycles. The second-order valence-corrected chi connectivity index (χ2v) is 4.99. The first-order valence-electron chi connectivity index (χ1n) is 5.28. The van der Waals surface area contributed by atoms with Crippen LogP contribution in [-0.4, -0.2) is 17.0 Å². The van der Waals surface area contributed by atoms with Gasteiger partial charge in [0, 0.05) is 12.2 Å². The maximum absolute atomic E-state index is 5.75. The molecule has 1 heterocycles. The first-order valence-corrected chi connectivity index (χ1v) is 5.28. The van der Waals surface area contributed by atoms with Gasteiger partial charge in [-0.1, -0.05) is 18.2 Å². The lowest BCUT2D eigenvalue weighted by Crippen LogP contribution is -2.31. The third kappa shape index (κ3) is 3.46. The molecule has 0 aliphatic carbocycles. The van der Waals surface area contributed by atoms with Crippen LogP contribution in [0.25, 0.3) is 0 Å². The van der Waals surface area contributed by atoms with E-state index in [1.54, 1.807) is 0 Å². The summed E-state index contributed by atoms with van der Waals surface area (Å²) in [5.41, 5.74) is 2.19. The number of hydrogen-bond donors (Lipinski definition) is 0. The number of ether oxygens (including phenoxy) is 1. The van der Waals surface area contributed by atoms with Gasteiger partial charge in [0.15, 0.2) is 5.88 Å². The predicted molar refractivity (Wildman–Crippen MR) is 64.2 cm³/mol. The molecule has 0 radical (unpaired) electrons. The molecule has 0 N–H and O–H groups in total. The van der Waals surface area contributed by atoms with Gasteiger partial charge in [0.2, 0.25) is 0 Å². The quantitative estimate of drug-likeness (QED) is 0.508. The van der Waals surface area contributed by atoms with E-state index in [9.17, 15) is 0 Å². The molecule has 1 aliphatic heterocycles. The Hall–Kier alpha value is -1.18. The van der Waals surface area contributed by atoms with E-state index in [1.165, 1.54) is 11.3 Å². The number of nitrogens with zero attached hydrogens (tertiary/aromatic N) is 1. The van der Waals surface area contributed by atoms with Gasteiger partial charge in [0.1, 0.15) is 5.60 Å². The highest BCUT2D eigenvalue weighted by molar-refractivity contribution is 5.19. The molecule has 0 saturated carbocycles. The van der Waals surface area contributed by atoms with Gasteiger partial charge in [-0.2, -0.15) is 0 Å². The summed E-state index contributed by atoms with van der Waals surface area (Å²) in [6.07, 6.45) is 3.12. The molecule has 2 heteroatoms. The van der Waals surface area contributed by atoms with Gasteiger partial charge in [-0.15, -0.1) is 0 Å². The van der Waals surface area contributed by atoms with Crippen molar-refractivity contribution in [3.8, 4) is 0 Å². The Morgan fingerprint density at radius 2 is 2.07 bits per heavy atom. The highest BCUT2D eigenvalue weighted by atomic mass is 16.5. The van der Waals surface area contributed by atoms with E-state index in [1.807, 2.05) is 20.8 Å². The Morgan fingerprint density at radius 3 is 2.60 bits per heavy atom. The lowest BCUT2D eigenvalue weighted by molar-refractivity contribution is 0.0127. The van der Waals surface area contributed by atoms with E-state index in [-0.39, 0.29) is 5.60 Å². The molecule has 0 aromatic carbocycles. The predicted octanol–water partition coefficient (Wildman–Crippen LogP) is 3.44. The Balaban J connectivity index is 2.71. The van der Waals surface area contributed by atoms with Crippen LogP contribution in [0, 0.1) is 0 Å². The summed E-state index contributed by atoms with van der Waals surface area (Å²) in [6, 6.07) is 0. The molecule has 1 aliphatic rings. The van der Waals surface area contributed by atoms with Gasteiger partial charge in [-0.3, -0.25) is 0 Å². The summed E-state index contributed by atoms with van der Waals surface area (Å²) in [6.45, 7) is 16.9. The van der Waals surface area contributed by atoms with Crippen LogP contribution in [0.4, 0.5) is 0 Å². The first kappa shape index (κ1) is 11.9. The van der Waals surface area contributed by atoms with Gasteiger partial charge < -0.3 is 9.64 Å². The van der Waals surface area contributed by atoms with E-state index in [0.29, 0.717) is 5.88 Å². The molecule has 2 nitrogen and oxygen atoms in total. The Labute approximate surface area is 92.9 Å². The number of rotatable bonds is 2. The van der Waals surface area contributed by atoms with E-state index in [0.717, 1.165) is 13.0 Å². The van der Waals surface area contributed by atoms with Gasteiger partial charge in [-0.05, 0) is 40.7 Å². The van der Waals surface area contributed by atoms with Crippen LogP contribution in [0.15, 0.2) is 36.4 Å². The van der Waals surface area contributed by atoms with E-state index in [2.05, 4.69) is 31.1 Å². The largest absolute Gasteiger partial charge is 0.474 e. The van der Waals surface area contributed by atoms with E-state index in [4.69, 9.17) is 4.74 Å². The average Bonchev–Trinajstić information content (AvgIpc) is 2.06. The van der Waals surface area contributed by atoms with Crippen LogP contribution in [0.5, 0.6) is 0 Å². The van der Waals surface area contributed by atoms with Crippen molar-refractivity contribution in [2.45, 2.75) is 39.7 Å². The van der Waals surface area contributed by atoms with Crippen molar-refractivity contribution >= 4 is 0 Å². The second-order valence-electron chi connectivity index (χ2n) is 4.99. The van der Waals surface area contributed by atoms with Crippen molar-refractivity contribution in [3.05, 3.63) is 36.4 Å². The molecule has 84 valence electrons. The first-order chi connectivity index (χ1) is 6.79. The minimum absolute atomic E-state index is 0.198. The highest BCUT2D eigenvalue weighted by Gasteiger charge is 2.20. The number of hydrogen-bond acceptors (Lipinski definition) is 2. The van der Waals surface area contributed by atoms with Gasteiger partial charge in [0.25, 0.3) is 0 Å². The molecule has 0 aromatic rings. The van der Waals surface area contributed by atoms with Crippen LogP contribution in [0.2, 0.25) is 0 Å². The standard InChI is InChI=1S/C13H21NO/c1-10-7-8-11(2)14(9-10)12(3)15-13(4,5)6/h8H,1,3,7,9H2,2,4-6H3. The van der Waals surface area contributed by atoms with Crippen LogP contribution < -0.4 is 0 Å². The molecule has 0 atom stereocenters. The third-order valence-corrected chi connectivity index (χ3v) is 2.22. The zero-order valence-corrected chi connectivity index (χ0v) is 10.3. The van der Waals surface area contributed by atoms with Gasteiger partial charge >= 0.3 is 0 Å². The molecule has 1 rings (SSSR count). The van der Waals surface area contributed by atoms with Gasteiger partial charge in [-0.25, -0.2) is 0 Å². The van der Waals surface area contributed by atoms with Crippen LogP contribution in [0.3, 0.4) is 0 Å². The number of allylic oxidation sites excluding steroid dienone is 2. The van der Waals surface area contributed by atoms with E-state index < -0.39 is 0 Å². The molecule has 0 fully saturated rings. The monoisotopic (exact) mass is 207 g/mol. The van der Waals surface area contributed by atoms with E-state index >= 15 is 0 Å². The molecular weight excluding hydrogens is 186 g/mol. The molecule has 0 amide bonds. The molecule has 15 heavy (non-hydrogen) atoms. The maximum Gasteiger partial charge on any atom is 0.186 e. The Kier molecular flexibility index (Phi) is 3.28. The molecular formula is C13H21NO. The van der Waals surface area contributed by atoms with Gasteiger partial charge in [0.05, 0.1) is 0 Å². The lowest BCUT2D eigenvalue weighted by Gasteiger charge is -2.34. The summed E-state index contributed by atoms with van der Waals surface area (Å²) in [7, 11) is 0. The minimum atomic E-state index is -0.198. The summed E-state index contributed by atoms with van der Waals surface area (Å²) < 4.78 is 5.75. The molecule has 0 spiro atoms. The average molecular weight is 207 g/mol. The highest BCUT2D eigenvalue weighted by Crippen LogP contribution is 2.24. The van der Waals surface area contributed by atoms with Crippen LogP contribution >= 0.6 is 0 Å². The Morgan fingerprint density at radius 1 is 1.47 bits per heavy atom. The van der Waals surface area contributed by atoms with Crippen LogP contribution in [0.1, 0.15) is 34.1 Å². The smallest absolute Gasteiger partial charge is 0.186 e. The second kappa shape index (κ2) is 4.13. The summed E-state index contributed by atoms with van der Waals surface area (Å²) in [4.78, 5) is 2.07. The molecule has 0 aromatic heterocycles. The fourth-order valence-electron chi connectivity index (χ4n) is 1.51. The third-order valence-electron chi connectivity index (χ3n) is 2.22.